The Labute approximate surface area is 190 Å². The second kappa shape index (κ2) is 10.0. The zero-order chi connectivity index (χ0) is 23.3. The predicted octanol–water partition coefficient (Wildman–Crippen LogP) is 6.22. The molecule has 0 fully saturated rings. The first-order valence-electron chi connectivity index (χ1n) is 11.1. The Morgan fingerprint density at radius 3 is 2.50 bits per heavy atom. The van der Waals surface area contributed by atoms with Gasteiger partial charge >= 0.3 is 0 Å². The number of carbonyl (C=O) groups is 1. The molecule has 0 aliphatic rings. The van der Waals surface area contributed by atoms with E-state index >= 15 is 0 Å². The number of hydrogen-bond donors (Lipinski definition) is 0. The Balaban J connectivity index is 1.69. The van der Waals surface area contributed by atoms with Gasteiger partial charge in [0, 0.05) is 12.0 Å². The number of rotatable bonds is 10. The Morgan fingerprint density at radius 2 is 1.84 bits per heavy atom. The van der Waals surface area contributed by atoms with Crippen LogP contribution in [0, 0.1) is 12.8 Å². The number of ether oxygens (including phenoxy) is 2. The smallest absolute Gasteiger partial charge is 0.226 e. The van der Waals surface area contributed by atoms with Crippen LogP contribution in [0.3, 0.4) is 0 Å². The molecular weight excluding hydrogens is 402 g/mol. The number of Topliss-reactive ketones (excluding diaryl/α,β-unsaturated/α-hetero) is 1. The maximum atomic E-state index is 11.9. The molecule has 5 heteroatoms. The molecule has 170 valence electrons. The van der Waals surface area contributed by atoms with Gasteiger partial charge in [-0.2, -0.15) is 0 Å². The quantitative estimate of drug-likeness (QED) is 0.378. The predicted molar refractivity (Wildman–Crippen MR) is 126 cm³/mol. The molecule has 32 heavy (non-hydrogen) atoms. The average molecular weight is 436 g/mol. The Hall–Kier alpha value is -3.08. The maximum absolute atomic E-state index is 11.9. The number of oxazole rings is 1. The summed E-state index contributed by atoms with van der Waals surface area (Å²) in [5, 5.41) is 0. The van der Waals surface area contributed by atoms with Crippen molar-refractivity contribution in [3.8, 4) is 23.0 Å². The van der Waals surface area contributed by atoms with E-state index in [2.05, 4.69) is 18.8 Å². The third-order valence-corrected chi connectivity index (χ3v) is 5.39. The summed E-state index contributed by atoms with van der Waals surface area (Å²) in [6.45, 7) is 11.9. The highest BCUT2D eigenvalue weighted by molar-refractivity contribution is 5.84. The summed E-state index contributed by atoms with van der Waals surface area (Å²) in [6, 6.07) is 15.7. The van der Waals surface area contributed by atoms with Crippen LogP contribution in [-0.4, -0.2) is 23.0 Å². The van der Waals surface area contributed by atoms with E-state index in [0.717, 1.165) is 40.5 Å². The second-order valence-electron chi connectivity index (χ2n) is 9.02. The van der Waals surface area contributed by atoms with Gasteiger partial charge in [-0.05, 0) is 75.9 Å². The fraction of sp³-hybridized carbons (Fsp3) is 0.407. The van der Waals surface area contributed by atoms with Crippen LogP contribution in [0.2, 0.25) is 0 Å². The highest BCUT2D eigenvalue weighted by atomic mass is 16.5. The zero-order valence-electron chi connectivity index (χ0n) is 19.9. The minimum atomic E-state index is -0.866. The van der Waals surface area contributed by atoms with E-state index in [-0.39, 0.29) is 5.78 Å². The van der Waals surface area contributed by atoms with Crippen molar-refractivity contribution < 1.29 is 18.7 Å². The molecule has 0 N–H and O–H groups in total. The molecule has 0 spiro atoms. The van der Waals surface area contributed by atoms with Gasteiger partial charge in [-0.15, -0.1) is 0 Å². The molecule has 0 unspecified atom stereocenters. The molecule has 3 aromatic rings. The molecule has 3 rings (SSSR count). The van der Waals surface area contributed by atoms with Crippen LogP contribution >= 0.6 is 0 Å². The molecule has 0 saturated carbocycles. The van der Waals surface area contributed by atoms with Crippen molar-refractivity contribution in [1.29, 1.82) is 0 Å². The molecule has 1 aromatic heterocycles. The number of aryl methyl sites for hydroxylation is 1. The minimum absolute atomic E-state index is 0.00817. The van der Waals surface area contributed by atoms with Gasteiger partial charge < -0.3 is 13.9 Å². The van der Waals surface area contributed by atoms with Gasteiger partial charge in [0.2, 0.25) is 5.89 Å². The lowest BCUT2D eigenvalue weighted by Gasteiger charge is -2.25. The second-order valence-corrected chi connectivity index (χ2v) is 9.02. The first-order valence-corrected chi connectivity index (χ1v) is 11.1. The number of nitrogens with zero attached hydrogens (tertiary/aromatic N) is 1. The number of aromatic nitrogens is 1. The zero-order valence-corrected chi connectivity index (χ0v) is 19.9. The summed E-state index contributed by atoms with van der Waals surface area (Å²) in [7, 11) is 0. The molecule has 0 radical (unpaired) electrons. The van der Waals surface area contributed by atoms with Crippen LogP contribution in [0.5, 0.6) is 11.5 Å². The van der Waals surface area contributed by atoms with Crippen molar-refractivity contribution in [2.24, 2.45) is 5.92 Å². The molecule has 1 heterocycles. The lowest BCUT2D eigenvalue weighted by molar-refractivity contribution is -0.129. The van der Waals surface area contributed by atoms with Crippen LogP contribution in [0.1, 0.15) is 51.6 Å². The van der Waals surface area contributed by atoms with E-state index in [9.17, 15) is 4.79 Å². The van der Waals surface area contributed by atoms with Crippen LogP contribution < -0.4 is 9.47 Å². The molecule has 0 aliphatic heterocycles. The summed E-state index contributed by atoms with van der Waals surface area (Å²) in [5.41, 5.74) is 2.03. The van der Waals surface area contributed by atoms with Gasteiger partial charge in [-0.25, -0.2) is 4.98 Å². The van der Waals surface area contributed by atoms with Crippen LogP contribution in [0.25, 0.3) is 11.5 Å². The van der Waals surface area contributed by atoms with Crippen LogP contribution in [-0.2, 0) is 17.6 Å². The van der Waals surface area contributed by atoms with Gasteiger partial charge in [0.1, 0.15) is 17.3 Å². The van der Waals surface area contributed by atoms with Crippen LogP contribution in [0.4, 0.5) is 0 Å². The van der Waals surface area contributed by atoms with E-state index in [1.165, 1.54) is 0 Å². The molecular formula is C27H33NO4. The van der Waals surface area contributed by atoms with Gasteiger partial charge in [-0.3, -0.25) is 4.79 Å². The average Bonchev–Trinajstić information content (AvgIpc) is 3.10. The molecule has 0 saturated heterocycles. The van der Waals surface area contributed by atoms with Gasteiger partial charge in [0.25, 0.3) is 0 Å². The van der Waals surface area contributed by atoms with Crippen molar-refractivity contribution in [2.45, 2.75) is 60.0 Å². The monoisotopic (exact) mass is 435 g/mol. The summed E-state index contributed by atoms with van der Waals surface area (Å²) in [4.78, 5) is 16.5. The standard InChI is InChI=1S/C27H33NO4/c1-18(2)16-22-17-23(12-13-25(22)32-27(5,6)20(4)29)30-15-14-24-19(3)31-26(28-24)21-10-8-7-9-11-21/h7-13,17-18H,14-16H2,1-6H3. The Morgan fingerprint density at radius 1 is 1.12 bits per heavy atom. The Bertz CT molecular complexity index is 1050. The summed E-state index contributed by atoms with van der Waals surface area (Å²) in [6.07, 6.45) is 1.49. The minimum Gasteiger partial charge on any atom is -0.493 e. The third kappa shape index (κ3) is 6.00. The van der Waals surface area contributed by atoms with Crippen molar-refractivity contribution >= 4 is 5.78 Å². The van der Waals surface area contributed by atoms with Gasteiger partial charge in [0.05, 0.1) is 12.3 Å². The number of carbonyl (C=O) groups excluding carboxylic acids is 1. The number of hydrogen-bond acceptors (Lipinski definition) is 5. The topological polar surface area (TPSA) is 61.6 Å². The lowest BCUT2D eigenvalue weighted by Crippen LogP contribution is -2.36. The molecule has 5 nitrogen and oxygen atoms in total. The van der Waals surface area contributed by atoms with E-state index in [1.54, 1.807) is 20.8 Å². The summed E-state index contributed by atoms with van der Waals surface area (Å²) in [5.74, 6) is 3.38. The fourth-order valence-corrected chi connectivity index (χ4v) is 3.32. The van der Waals surface area contributed by atoms with E-state index in [1.807, 2.05) is 55.5 Å². The van der Waals surface area contributed by atoms with E-state index in [0.29, 0.717) is 24.8 Å². The largest absolute Gasteiger partial charge is 0.493 e. The molecule has 0 bridgehead atoms. The van der Waals surface area contributed by atoms with Gasteiger partial charge in [0.15, 0.2) is 11.4 Å². The third-order valence-electron chi connectivity index (χ3n) is 5.39. The number of ketones is 1. The first-order chi connectivity index (χ1) is 15.2. The molecule has 0 atom stereocenters. The van der Waals surface area contributed by atoms with Gasteiger partial charge in [-0.1, -0.05) is 32.0 Å². The molecule has 0 aliphatic carbocycles. The fourth-order valence-electron chi connectivity index (χ4n) is 3.32. The normalized spacial score (nSPS) is 11.6. The SMILES string of the molecule is CC(=O)C(C)(C)Oc1ccc(OCCc2nc(-c3ccccc3)oc2C)cc1CC(C)C. The molecule has 2 aromatic carbocycles. The highest BCUT2D eigenvalue weighted by Crippen LogP contribution is 2.30. The van der Waals surface area contributed by atoms with Crippen LogP contribution in [0.15, 0.2) is 52.9 Å². The lowest BCUT2D eigenvalue weighted by atomic mass is 10.0. The van der Waals surface area contributed by atoms with Crippen molar-refractivity contribution in [1.82, 2.24) is 4.98 Å². The highest BCUT2D eigenvalue weighted by Gasteiger charge is 2.27. The van der Waals surface area contributed by atoms with Crippen molar-refractivity contribution in [2.75, 3.05) is 6.61 Å². The van der Waals surface area contributed by atoms with Crippen molar-refractivity contribution in [3.63, 3.8) is 0 Å². The van der Waals surface area contributed by atoms with Crippen molar-refractivity contribution in [3.05, 3.63) is 65.5 Å². The Kier molecular flexibility index (Phi) is 7.39. The summed E-state index contributed by atoms with van der Waals surface area (Å²) < 4.78 is 17.9. The maximum Gasteiger partial charge on any atom is 0.226 e. The summed E-state index contributed by atoms with van der Waals surface area (Å²) >= 11 is 0. The number of benzene rings is 2. The molecule has 0 amide bonds. The first kappa shape index (κ1) is 23.6. The van der Waals surface area contributed by atoms with E-state index in [4.69, 9.17) is 13.9 Å². The van der Waals surface area contributed by atoms with E-state index < -0.39 is 5.60 Å².